The van der Waals surface area contributed by atoms with Crippen molar-refractivity contribution in [3.8, 4) is 0 Å². The second-order valence-corrected chi connectivity index (χ2v) is 9.17. The number of amides is 2. The van der Waals surface area contributed by atoms with Gasteiger partial charge in [-0.25, -0.2) is 14.3 Å². The lowest BCUT2D eigenvalue weighted by atomic mass is 9.94. The van der Waals surface area contributed by atoms with Crippen molar-refractivity contribution in [2.24, 2.45) is 13.0 Å². The van der Waals surface area contributed by atoms with E-state index in [0.29, 0.717) is 16.7 Å². The number of thioether (sulfide) groups is 2. The molecule has 2 saturated heterocycles. The van der Waals surface area contributed by atoms with Crippen molar-refractivity contribution in [2.75, 3.05) is 11.5 Å². The van der Waals surface area contributed by atoms with Crippen molar-refractivity contribution in [1.29, 1.82) is 0 Å². The van der Waals surface area contributed by atoms with E-state index in [4.69, 9.17) is 5.11 Å². The van der Waals surface area contributed by atoms with Crippen LogP contribution in [0.1, 0.15) is 19.3 Å². The molecule has 0 saturated carbocycles. The lowest BCUT2D eigenvalue weighted by Gasteiger charge is -2.54. The molecule has 3 heterocycles. The Kier molecular flexibility index (Phi) is 7.15. The molecule has 31 heavy (non-hydrogen) atoms. The Morgan fingerprint density at radius 1 is 1.26 bits per heavy atom. The Bertz CT molecular complexity index is 909. The number of tetrazole rings is 1. The van der Waals surface area contributed by atoms with E-state index in [1.165, 1.54) is 33.1 Å². The highest BCUT2D eigenvalue weighted by Crippen LogP contribution is 2.42. The Balaban J connectivity index is 1.54. The number of aromatic nitrogens is 4. The van der Waals surface area contributed by atoms with E-state index < -0.39 is 47.0 Å². The molecule has 0 bridgehead atoms. The Morgan fingerprint density at radius 2 is 2.00 bits per heavy atom. The average Bonchev–Trinajstić information content (AvgIpc) is 3.13. The molecule has 4 atom stereocenters. The maximum absolute atomic E-state index is 12.6. The van der Waals surface area contributed by atoms with Gasteiger partial charge in [0.1, 0.15) is 17.5 Å². The molecule has 2 unspecified atom stereocenters. The summed E-state index contributed by atoms with van der Waals surface area (Å²) in [5, 5.41) is 32.0. The van der Waals surface area contributed by atoms with Gasteiger partial charge in [-0.15, -0.1) is 16.9 Å². The summed E-state index contributed by atoms with van der Waals surface area (Å²) in [6.45, 7) is 0. The number of fused-ring (bicyclic) bond motifs is 1. The van der Waals surface area contributed by atoms with E-state index in [1.54, 1.807) is 7.05 Å². The number of ketones is 1. The Morgan fingerprint density at radius 3 is 2.61 bits per heavy atom. The van der Waals surface area contributed by atoms with Gasteiger partial charge in [-0.3, -0.25) is 14.4 Å². The smallest absolute Gasteiger partial charge is 0.372 e. The number of carbonyl (C=O) groups is 5. The summed E-state index contributed by atoms with van der Waals surface area (Å²) in [5.74, 6) is -4.06. The monoisotopic (exact) mass is 472 g/mol. The number of carbonyl (C=O) groups excluding carboxylic acids is 3. The molecule has 2 fully saturated rings. The number of carboxylic acid groups (broad SMARTS) is 2. The predicted molar refractivity (Wildman–Crippen MR) is 106 cm³/mol. The average molecular weight is 473 g/mol. The number of hydrogen-bond donors (Lipinski definition) is 3. The predicted octanol–water partition coefficient (Wildman–Crippen LogP) is -1.40. The molecule has 3 N–H and O–H groups in total. The van der Waals surface area contributed by atoms with Crippen LogP contribution >= 0.6 is 23.5 Å². The van der Waals surface area contributed by atoms with E-state index in [9.17, 15) is 29.1 Å². The summed E-state index contributed by atoms with van der Waals surface area (Å²) >= 11 is 2.70. The number of β-lactam (4-membered cyclic amide) rings is 1. The maximum Gasteiger partial charge on any atom is 0.372 e. The van der Waals surface area contributed by atoms with Crippen LogP contribution in [0.5, 0.6) is 0 Å². The molecule has 0 radical (unpaired) electrons. The van der Waals surface area contributed by atoms with E-state index in [1.807, 2.05) is 0 Å². The molecule has 1 aromatic heterocycles. The molecule has 0 aliphatic carbocycles. The molecule has 0 aromatic carbocycles. The standard InChI is InChI=1S/C16H20N6O7S2/c1-21-16(18-19-20-21)31-6-7-5-30-13-10(12(25)22(13)11(7)15(28)29)17-9(24)4-2-3-8(23)14(26)27/h7,10-11,13H,2-6H2,1H3,(H,17,24)(H,26,27)(H,28,29)/t7?,10-,11?,13-/m1/s1. The van der Waals surface area contributed by atoms with Gasteiger partial charge in [0.2, 0.25) is 22.8 Å². The molecule has 2 aliphatic rings. The molecular formula is C16H20N6O7S2. The van der Waals surface area contributed by atoms with Crippen LogP contribution in [0.2, 0.25) is 0 Å². The van der Waals surface area contributed by atoms with Crippen molar-refractivity contribution in [2.45, 2.75) is 41.9 Å². The van der Waals surface area contributed by atoms with Crippen LogP contribution in [0.15, 0.2) is 5.16 Å². The lowest BCUT2D eigenvalue weighted by molar-refractivity contribution is -0.164. The van der Waals surface area contributed by atoms with Crippen molar-refractivity contribution >= 4 is 53.1 Å². The number of hydrogen-bond acceptors (Lipinski definition) is 10. The molecule has 15 heteroatoms. The zero-order chi connectivity index (χ0) is 22.7. The van der Waals surface area contributed by atoms with Crippen LogP contribution in [-0.4, -0.2) is 93.8 Å². The molecular weight excluding hydrogens is 452 g/mol. The fourth-order valence-electron chi connectivity index (χ4n) is 3.38. The van der Waals surface area contributed by atoms with Crippen LogP contribution in [-0.2, 0) is 31.0 Å². The lowest BCUT2D eigenvalue weighted by Crippen LogP contribution is -2.76. The molecule has 0 spiro atoms. The van der Waals surface area contributed by atoms with E-state index in [2.05, 4.69) is 20.8 Å². The third kappa shape index (κ3) is 4.98. The zero-order valence-corrected chi connectivity index (χ0v) is 18.0. The van der Waals surface area contributed by atoms with Crippen molar-refractivity contribution in [1.82, 2.24) is 30.4 Å². The van der Waals surface area contributed by atoms with Gasteiger partial charge in [-0.2, -0.15) is 0 Å². The fraction of sp³-hybridized carbons (Fsp3) is 0.625. The fourth-order valence-corrected chi connectivity index (χ4v) is 6.03. The van der Waals surface area contributed by atoms with Gasteiger partial charge in [-0.05, 0) is 16.8 Å². The van der Waals surface area contributed by atoms with Crippen LogP contribution in [0.4, 0.5) is 0 Å². The number of carboxylic acids is 2. The summed E-state index contributed by atoms with van der Waals surface area (Å²) in [6, 6.07) is -1.86. The first-order valence-corrected chi connectivity index (χ1v) is 11.3. The van der Waals surface area contributed by atoms with E-state index in [0.717, 1.165) is 0 Å². The highest BCUT2D eigenvalue weighted by Gasteiger charge is 2.57. The Hall–Kier alpha value is -2.68. The first-order valence-electron chi connectivity index (χ1n) is 9.28. The second-order valence-electron chi connectivity index (χ2n) is 7.04. The zero-order valence-electron chi connectivity index (χ0n) is 16.3. The molecule has 13 nitrogen and oxygen atoms in total. The molecule has 2 aliphatic heterocycles. The first kappa shape index (κ1) is 23.0. The van der Waals surface area contributed by atoms with Gasteiger partial charge < -0.3 is 20.4 Å². The van der Waals surface area contributed by atoms with Crippen LogP contribution in [0.25, 0.3) is 0 Å². The first-order chi connectivity index (χ1) is 14.7. The normalized spacial score (nSPS) is 24.8. The minimum Gasteiger partial charge on any atom is -0.480 e. The quantitative estimate of drug-likeness (QED) is 0.206. The molecule has 168 valence electrons. The third-order valence-corrected chi connectivity index (χ3v) is 7.59. The van der Waals surface area contributed by atoms with Crippen LogP contribution in [0.3, 0.4) is 0 Å². The van der Waals surface area contributed by atoms with Gasteiger partial charge in [0.15, 0.2) is 0 Å². The summed E-state index contributed by atoms with van der Waals surface area (Å²) in [5.41, 5.74) is 0. The summed E-state index contributed by atoms with van der Waals surface area (Å²) in [7, 11) is 1.67. The van der Waals surface area contributed by atoms with Gasteiger partial charge in [0.05, 0.1) is 0 Å². The number of Topliss-reactive ketones (excluding diaryl/α,β-unsaturated/α-hetero) is 1. The number of nitrogens with zero attached hydrogens (tertiary/aromatic N) is 5. The highest BCUT2D eigenvalue weighted by molar-refractivity contribution is 8.00. The minimum absolute atomic E-state index is 0.0490. The van der Waals surface area contributed by atoms with Crippen molar-refractivity contribution in [3.05, 3.63) is 0 Å². The maximum atomic E-state index is 12.6. The number of rotatable bonds is 10. The largest absolute Gasteiger partial charge is 0.480 e. The summed E-state index contributed by atoms with van der Waals surface area (Å²) in [4.78, 5) is 59.4. The SMILES string of the molecule is Cn1nnnc1SCC1CS[C@@H]2[C@H](NC(=O)CCCC(=O)C(=O)O)C(=O)N2C1C(=O)O. The Labute approximate surface area is 184 Å². The highest BCUT2D eigenvalue weighted by atomic mass is 32.2. The molecule has 2 amide bonds. The van der Waals surface area contributed by atoms with Gasteiger partial charge in [0, 0.05) is 37.3 Å². The number of aryl methyl sites for hydroxylation is 1. The van der Waals surface area contributed by atoms with Crippen molar-refractivity contribution < 1.29 is 34.2 Å². The topological polar surface area (TPSA) is 185 Å². The summed E-state index contributed by atoms with van der Waals surface area (Å²) in [6.07, 6.45) is -0.325. The van der Waals surface area contributed by atoms with Crippen LogP contribution < -0.4 is 5.32 Å². The van der Waals surface area contributed by atoms with E-state index >= 15 is 0 Å². The van der Waals surface area contributed by atoms with Gasteiger partial charge in [-0.1, -0.05) is 11.8 Å². The second kappa shape index (κ2) is 9.64. The van der Waals surface area contributed by atoms with Crippen LogP contribution in [0, 0.1) is 5.92 Å². The molecule has 1 aromatic rings. The summed E-state index contributed by atoms with van der Waals surface area (Å²) < 4.78 is 1.48. The van der Waals surface area contributed by atoms with E-state index in [-0.39, 0.29) is 25.2 Å². The molecule has 3 rings (SSSR count). The minimum atomic E-state index is -1.55. The van der Waals surface area contributed by atoms with Crippen molar-refractivity contribution in [3.63, 3.8) is 0 Å². The number of aliphatic carboxylic acids is 2. The van der Waals surface area contributed by atoms with Gasteiger partial charge in [0.25, 0.3) is 0 Å². The third-order valence-electron chi connectivity index (χ3n) is 4.93. The van der Waals surface area contributed by atoms with Gasteiger partial charge >= 0.3 is 11.9 Å². The number of nitrogens with one attached hydrogen (secondary N) is 1.